The van der Waals surface area contributed by atoms with E-state index in [0.29, 0.717) is 0 Å². The molecule has 1 aliphatic heterocycles. The molecule has 2 aromatic carbocycles. The van der Waals surface area contributed by atoms with Crippen molar-refractivity contribution in [2.45, 2.75) is 12.8 Å². The highest BCUT2D eigenvalue weighted by molar-refractivity contribution is 7.26. The van der Waals surface area contributed by atoms with Crippen molar-refractivity contribution in [1.29, 1.82) is 0 Å². The number of anilines is 2. The van der Waals surface area contributed by atoms with Crippen LogP contribution >= 0.6 is 11.3 Å². The van der Waals surface area contributed by atoms with Gasteiger partial charge in [-0.1, -0.05) is 18.2 Å². The van der Waals surface area contributed by atoms with Crippen LogP contribution in [0.1, 0.15) is 12.8 Å². The second-order valence-corrected chi connectivity index (χ2v) is 6.22. The summed E-state index contributed by atoms with van der Waals surface area (Å²) in [6.07, 6.45) is 2.60. The van der Waals surface area contributed by atoms with Crippen LogP contribution < -0.4 is 10.6 Å². The van der Waals surface area contributed by atoms with Gasteiger partial charge in [0.15, 0.2) is 0 Å². The van der Waals surface area contributed by atoms with Crippen molar-refractivity contribution >= 4 is 42.9 Å². The fourth-order valence-electron chi connectivity index (χ4n) is 3.05. The van der Waals surface area contributed by atoms with Crippen LogP contribution in [0.2, 0.25) is 0 Å². The van der Waals surface area contributed by atoms with Gasteiger partial charge >= 0.3 is 0 Å². The smallest absolute Gasteiger partial charge is 0.0605 e. The van der Waals surface area contributed by atoms with E-state index in [9.17, 15) is 0 Å². The van der Waals surface area contributed by atoms with E-state index < -0.39 is 0 Å². The van der Waals surface area contributed by atoms with Gasteiger partial charge in [0, 0.05) is 39.9 Å². The van der Waals surface area contributed by atoms with E-state index in [-0.39, 0.29) is 0 Å². The molecule has 4 rings (SSSR count). The number of benzene rings is 2. The molecule has 1 fully saturated rings. The zero-order valence-electron chi connectivity index (χ0n) is 10.7. The second-order valence-electron chi connectivity index (χ2n) is 5.17. The van der Waals surface area contributed by atoms with E-state index in [2.05, 4.69) is 41.3 Å². The molecule has 0 aliphatic carbocycles. The normalized spacial score (nSPS) is 15.7. The molecule has 0 amide bonds. The highest BCUT2D eigenvalue weighted by atomic mass is 32.1. The molecule has 1 aliphatic rings. The summed E-state index contributed by atoms with van der Waals surface area (Å²) in [6, 6.07) is 12.9. The largest absolute Gasteiger partial charge is 0.398 e. The molecule has 1 saturated heterocycles. The lowest BCUT2D eigenvalue weighted by Crippen LogP contribution is -2.17. The summed E-state index contributed by atoms with van der Waals surface area (Å²) in [5.74, 6) is 0. The quantitative estimate of drug-likeness (QED) is 0.669. The van der Waals surface area contributed by atoms with Crippen LogP contribution in [0.15, 0.2) is 36.4 Å². The van der Waals surface area contributed by atoms with Crippen LogP contribution in [0.25, 0.3) is 20.2 Å². The van der Waals surface area contributed by atoms with E-state index in [1.807, 2.05) is 11.3 Å². The fraction of sp³-hybridized carbons (Fsp3) is 0.250. The van der Waals surface area contributed by atoms with Crippen molar-refractivity contribution in [1.82, 2.24) is 0 Å². The van der Waals surface area contributed by atoms with Gasteiger partial charge in [-0.3, -0.25) is 0 Å². The minimum atomic E-state index is 0.902. The predicted molar refractivity (Wildman–Crippen MR) is 85.2 cm³/mol. The molecule has 3 heteroatoms. The lowest BCUT2D eigenvalue weighted by atomic mass is 10.1. The summed E-state index contributed by atoms with van der Waals surface area (Å²) in [6.45, 7) is 2.34. The molecular weight excluding hydrogens is 252 g/mol. The summed E-state index contributed by atoms with van der Waals surface area (Å²) in [4.78, 5) is 2.50. The van der Waals surface area contributed by atoms with Crippen LogP contribution in [-0.2, 0) is 0 Å². The molecular formula is C16H16N2S. The van der Waals surface area contributed by atoms with Crippen LogP contribution in [0, 0.1) is 0 Å². The van der Waals surface area contributed by atoms with Gasteiger partial charge in [0.05, 0.1) is 4.70 Å². The number of rotatable bonds is 1. The maximum absolute atomic E-state index is 6.18. The number of hydrogen-bond acceptors (Lipinski definition) is 3. The first-order chi connectivity index (χ1) is 9.34. The van der Waals surface area contributed by atoms with Gasteiger partial charge in [0.25, 0.3) is 0 Å². The van der Waals surface area contributed by atoms with Gasteiger partial charge in [-0.15, -0.1) is 11.3 Å². The zero-order chi connectivity index (χ0) is 12.8. The Morgan fingerprint density at radius 1 is 1.00 bits per heavy atom. The van der Waals surface area contributed by atoms with Gasteiger partial charge in [-0.2, -0.15) is 0 Å². The maximum atomic E-state index is 6.18. The van der Waals surface area contributed by atoms with Gasteiger partial charge in [-0.05, 0) is 31.0 Å². The van der Waals surface area contributed by atoms with Crippen molar-refractivity contribution in [3.63, 3.8) is 0 Å². The number of hydrogen-bond donors (Lipinski definition) is 1. The van der Waals surface area contributed by atoms with Crippen molar-refractivity contribution < 1.29 is 0 Å². The molecule has 0 radical (unpaired) electrons. The third-order valence-electron chi connectivity index (χ3n) is 3.98. The molecule has 0 saturated carbocycles. The Labute approximate surface area is 116 Å². The summed E-state index contributed by atoms with van der Waals surface area (Å²) in [5.41, 5.74) is 8.44. The average molecular weight is 268 g/mol. The zero-order valence-corrected chi connectivity index (χ0v) is 11.5. The predicted octanol–water partition coefficient (Wildman–Crippen LogP) is 4.24. The monoisotopic (exact) mass is 268 g/mol. The Bertz CT molecular complexity index is 754. The van der Waals surface area contributed by atoms with Gasteiger partial charge in [0.1, 0.15) is 0 Å². The molecule has 96 valence electrons. The maximum Gasteiger partial charge on any atom is 0.0605 e. The Morgan fingerprint density at radius 2 is 1.79 bits per heavy atom. The van der Waals surface area contributed by atoms with Crippen LogP contribution in [-0.4, -0.2) is 13.1 Å². The van der Waals surface area contributed by atoms with Gasteiger partial charge < -0.3 is 10.6 Å². The van der Waals surface area contributed by atoms with E-state index in [4.69, 9.17) is 5.73 Å². The first-order valence-corrected chi connectivity index (χ1v) is 7.61. The van der Waals surface area contributed by atoms with Crippen LogP contribution in [0.4, 0.5) is 11.4 Å². The standard InChI is InChI=1S/C16H16N2S/c17-12-7-8-13(18-9-3-4-10-18)15-11-5-1-2-6-14(11)19-16(12)15/h1-2,5-8H,3-4,9-10,17H2. The minimum Gasteiger partial charge on any atom is -0.398 e. The molecule has 2 heterocycles. The molecule has 19 heavy (non-hydrogen) atoms. The molecule has 3 aromatic rings. The highest BCUT2D eigenvalue weighted by Crippen LogP contribution is 2.43. The molecule has 0 atom stereocenters. The first kappa shape index (κ1) is 11.1. The Balaban J connectivity index is 2.10. The van der Waals surface area contributed by atoms with Crippen molar-refractivity contribution in [2.75, 3.05) is 23.7 Å². The Hall–Kier alpha value is -1.74. The number of nitrogens with zero attached hydrogens (tertiary/aromatic N) is 1. The average Bonchev–Trinajstić information content (AvgIpc) is 3.06. The van der Waals surface area contributed by atoms with Gasteiger partial charge in [0.2, 0.25) is 0 Å². The van der Waals surface area contributed by atoms with E-state index >= 15 is 0 Å². The SMILES string of the molecule is Nc1ccc(N2CCCC2)c2c1sc1ccccc12. The van der Waals surface area contributed by atoms with Gasteiger partial charge in [-0.25, -0.2) is 0 Å². The summed E-state index contributed by atoms with van der Waals surface area (Å²) >= 11 is 1.81. The molecule has 1 aromatic heterocycles. The summed E-state index contributed by atoms with van der Waals surface area (Å²) < 4.78 is 2.57. The highest BCUT2D eigenvalue weighted by Gasteiger charge is 2.18. The first-order valence-electron chi connectivity index (χ1n) is 6.79. The second kappa shape index (κ2) is 4.14. The number of fused-ring (bicyclic) bond motifs is 3. The number of nitrogen functional groups attached to an aromatic ring is 1. The van der Waals surface area contributed by atoms with Crippen molar-refractivity contribution in [3.8, 4) is 0 Å². The third kappa shape index (κ3) is 1.61. The lowest BCUT2D eigenvalue weighted by molar-refractivity contribution is 0.949. The molecule has 0 bridgehead atoms. The Kier molecular flexibility index (Phi) is 2.42. The van der Waals surface area contributed by atoms with Crippen molar-refractivity contribution in [2.24, 2.45) is 0 Å². The van der Waals surface area contributed by atoms with E-state index in [0.717, 1.165) is 5.69 Å². The minimum absolute atomic E-state index is 0.902. The van der Waals surface area contributed by atoms with E-state index in [1.54, 1.807) is 0 Å². The number of thiophene rings is 1. The lowest BCUT2D eigenvalue weighted by Gasteiger charge is -2.19. The number of nitrogens with two attached hydrogens (primary N) is 1. The fourth-order valence-corrected chi connectivity index (χ4v) is 4.20. The molecule has 0 unspecified atom stereocenters. The van der Waals surface area contributed by atoms with E-state index in [1.165, 1.54) is 51.8 Å². The van der Waals surface area contributed by atoms with Crippen LogP contribution in [0.5, 0.6) is 0 Å². The Morgan fingerprint density at radius 3 is 2.63 bits per heavy atom. The molecule has 2 nitrogen and oxygen atoms in total. The third-order valence-corrected chi connectivity index (χ3v) is 5.20. The van der Waals surface area contributed by atoms with Crippen LogP contribution in [0.3, 0.4) is 0 Å². The summed E-state index contributed by atoms with van der Waals surface area (Å²) in [7, 11) is 0. The topological polar surface area (TPSA) is 29.3 Å². The van der Waals surface area contributed by atoms with Crippen molar-refractivity contribution in [3.05, 3.63) is 36.4 Å². The summed E-state index contributed by atoms with van der Waals surface area (Å²) in [5, 5.41) is 2.69. The molecule has 2 N–H and O–H groups in total. The molecule has 0 spiro atoms.